The summed E-state index contributed by atoms with van der Waals surface area (Å²) in [4.78, 5) is 2.13. The first-order valence-corrected chi connectivity index (χ1v) is 12.8. The Balaban J connectivity index is 1.44. The van der Waals surface area contributed by atoms with Crippen molar-refractivity contribution in [3.63, 3.8) is 0 Å². The quantitative estimate of drug-likeness (QED) is 0.550. The van der Waals surface area contributed by atoms with Crippen LogP contribution in [-0.4, -0.2) is 38.0 Å². The molecule has 2 fully saturated rings. The zero-order chi connectivity index (χ0) is 23.4. The highest BCUT2D eigenvalue weighted by Gasteiger charge is 2.50. The molecule has 0 amide bonds. The summed E-state index contributed by atoms with van der Waals surface area (Å²) in [6, 6.07) is 10.6. The second-order valence-electron chi connectivity index (χ2n) is 8.96. The number of hydrogen-bond donors (Lipinski definition) is 0. The fourth-order valence-corrected chi connectivity index (χ4v) is 6.73. The lowest BCUT2D eigenvalue weighted by Crippen LogP contribution is -2.59. The van der Waals surface area contributed by atoms with Crippen molar-refractivity contribution in [2.75, 3.05) is 18.8 Å². The lowest BCUT2D eigenvalue weighted by Gasteiger charge is -2.52. The molecule has 0 aromatic heterocycles. The summed E-state index contributed by atoms with van der Waals surface area (Å²) in [5, 5.41) is -0.428. The van der Waals surface area contributed by atoms with Crippen molar-refractivity contribution >= 4 is 27.5 Å². The minimum absolute atomic E-state index is 0.0434. The van der Waals surface area contributed by atoms with E-state index in [2.05, 4.69) is 9.30 Å². The molecule has 2 bridgehead atoms. The van der Waals surface area contributed by atoms with Crippen LogP contribution in [0.2, 0.25) is 5.02 Å². The first-order valence-electron chi connectivity index (χ1n) is 10.8. The molecule has 0 N–H and O–H groups in total. The highest BCUT2D eigenvalue weighted by molar-refractivity contribution is 7.90. The monoisotopic (exact) mass is 498 g/mol. The van der Waals surface area contributed by atoms with Crippen LogP contribution >= 0.6 is 11.6 Å². The SMILES string of the molecule is O=S1(=O)CCN2CC3CCCC(c4ccc(Oc5ccc(C(F)(F)F)c(Cl)c5)cc4)(C3)C2=N1. The fraction of sp³-hybridized carbons (Fsp3) is 0.435. The van der Waals surface area contributed by atoms with Crippen LogP contribution in [0.5, 0.6) is 11.5 Å². The molecule has 2 aromatic rings. The molecule has 5 rings (SSSR count). The van der Waals surface area contributed by atoms with E-state index in [1.165, 1.54) is 6.07 Å². The Kier molecular flexibility index (Phi) is 5.40. The number of benzene rings is 2. The highest BCUT2D eigenvalue weighted by Crippen LogP contribution is 2.48. The molecule has 0 radical (unpaired) electrons. The lowest BCUT2D eigenvalue weighted by molar-refractivity contribution is -0.137. The molecule has 2 atom stereocenters. The number of amidine groups is 1. The molecule has 33 heavy (non-hydrogen) atoms. The summed E-state index contributed by atoms with van der Waals surface area (Å²) in [7, 11) is -3.47. The zero-order valence-electron chi connectivity index (χ0n) is 17.6. The van der Waals surface area contributed by atoms with Gasteiger partial charge in [0.25, 0.3) is 10.0 Å². The van der Waals surface area contributed by atoms with Crippen LogP contribution in [0.4, 0.5) is 13.2 Å². The Morgan fingerprint density at radius 1 is 1.12 bits per heavy atom. The second kappa shape index (κ2) is 7.91. The summed E-state index contributed by atoms with van der Waals surface area (Å²) in [5.74, 6) is 1.82. The van der Waals surface area contributed by atoms with Gasteiger partial charge in [-0.05, 0) is 55.0 Å². The maximum Gasteiger partial charge on any atom is 0.417 e. The summed E-state index contributed by atoms with van der Waals surface area (Å²) in [6.45, 7) is 1.31. The van der Waals surface area contributed by atoms with Crippen molar-refractivity contribution in [1.29, 1.82) is 0 Å². The van der Waals surface area contributed by atoms with Crippen LogP contribution in [0.15, 0.2) is 46.9 Å². The minimum Gasteiger partial charge on any atom is -0.457 e. The molecule has 176 valence electrons. The Morgan fingerprint density at radius 2 is 1.85 bits per heavy atom. The average Bonchev–Trinajstić information content (AvgIpc) is 2.74. The predicted octanol–water partition coefficient (Wildman–Crippen LogP) is 5.64. The molecule has 5 nitrogen and oxygen atoms in total. The number of ether oxygens (including phenoxy) is 1. The molecule has 2 heterocycles. The molecule has 3 aliphatic rings. The van der Waals surface area contributed by atoms with Gasteiger partial charge in [0.1, 0.15) is 17.3 Å². The third-order valence-electron chi connectivity index (χ3n) is 6.79. The second-order valence-corrected chi connectivity index (χ2v) is 11.1. The van der Waals surface area contributed by atoms with Gasteiger partial charge >= 0.3 is 6.18 Å². The number of alkyl halides is 3. The van der Waals surface area contributed by atoms with Crippen molar-refractivity contribution < 1.29 is 26.3 Å². The van der Waals surface area contributed by atoms with Crippen molar-refractivity contribution in [3.8, 4) is 11.5 Å². The molecule has 1 aliphatic carbocycles. The van der Waals surface area contributed by atoms with E-state index in [1.54, 1.807) is 12.1 Å². The van der Waals surface area contributed by atoms with Crippen molar-refractivity contribution in [1.82, 2.24) is 4.90 Å². The topological polar surface area (TPSA) is 59.0 Å². The van der Waals surface area contributed by atoms with Crippen LogP contribution in [0.1, 0.15) is 36.8 Å². The number of halogens is 4. The largest absolute Gasteiger partial charge is 0.457 e. The third kappa shape index (κ3) is 4.21. The maximum absolute atomic E-state index is 12.9. The summed E-state index contributed by atoms with van der Waals surface area (Å²) >= 11 is 5.79. The number of rotatable bonds is 3. The molecule has 2 aliphatic heterocycles. The summed E-state index contributed by atoms with van der Waals surface area (Å²) in [6.07, 6.45) is -0.735. The van der Waals surface area contributed by atoms with Gasteiger partial charge in [-0.25, -0.2) is 8.42 Å². The predicted molar refractivity (Wildman–Crippen MR) is 119 cm³/mol. The number of nitrogens with zero attached hydrogens (tertiary/aromatic N) is 2. The normalized spacial score (nSPS) is 26.4. The van der Waals surface area contributed by atoms with Crippen LogP contribution in [0.3, 0.4) is 0 Å². The van der Waals surface area contributed by atoms with Gasteiger partial charge in [0.05, 0.1) is 21.8 Å². The van der Waals surface area contributed by atoms with E-state index in [-0.39, 0.29) is 11.5 Å². The molecule has 1 saturated heterocycles. The van der Waals surface area contributed by atoms with Gasteiger partial charge in [-0.1, -0.05) is 30.2 Å². The van der Waals surface area contributed by atoms with Crippen molar-refractivity contribution in [3.05, 3.63) is 58.6 Å². The number of piperidine rings is 1. The molecular weight excluding hydrogens is 477 g/mol. The van der Waals surface area contributed by atoms with Gasteiger partial charge in [-0.2, -0.15) is 13.2 Å². The lowest BCUT2D eigenvalue weighted by atomic mass is 9.62. The fourth-order valence-electron chi connectivity index (χ4n) is 5.35. The van der Waals surface area contributed by atoms with E-state index in [0.29, 0.717) is 24.0 Å². The third-order valence-corrected chi connectivity index (χ3v) is 8.25. The standard InChI is InChI=1S/C23H22ClF3N2O3S/c24-20-12-18(7-8-19(20)23(25,26)27)32-17-5-3-16(4-6-17)22-9-1-2-15(13-22)14-29-10-11-33(30,31)28-21(22)29/h3-8,12,15H,1-2,9-11,13-14H2. The molecule has 10 heteroatoms. The summed E-state index contributed by atoms with van der Waals surface area (Å²) in [5.41, 5.74) is -0.390. The van der Waals surface area contributed by atoms with Gasteiger partial charge in [0.2, 0.25) is 0 Å². The zero-order valence-corrected chi connectivity index (χ0v) is 19.2. The first-order chi connectivity index (χ1) is 15.6. The molecular formula is C23H22ClF3N2O3S. The maximum atomic E-state index is 12.9. The van der Waals surface area contributed by atoms with Gasteiger partial charge in [0.15, 0.2) is 0 Å². The summed E-state index contributed by atoms with van der Waals surface area (Å²) < 4.78 is 73.3. The molecule has 1 saturated carbocycles. The number of hydrogen-bond acceptors (Lipinski definition) is 4. The van der Waals surface area contributed by atoms with E-state index >= 15 is 0 Å². The molecule has 0 spiro atoms. The van der Waals surface area contributed by atoms with E-state index in [0.717, 1.165) is 49.9 Å². The smallest absolute Gasteiger partial charge is 0.417 e. The van der Waals surface area contributed by atoms with Crippen molar-refractivity contribution in [2.24, 2.45) is 10.3 Å². The number of sulfonamides is 1. The van der Waals surface area contributed by atoms with E-state index in [1.807, 2.05) is 12.1 Å². The van der Waals surface area contributed by atoms with Crippen molar-refractivity contribution in [2.45, 2.75) is 37.3 Å². The van der Waals surface area contributed by atoms with Gasteiger partial charge in [0, 0.05) is 19.2 Å². The van der Waals surface area contributed by atoms with Crippen LogP contribution < -0.4 is 4.74 Å². The van der Waals surface area contributed by atoms with Gasteiger partial charge in [-0.3, -0.25) is 0 Å². The minimum atomic E-state index is -4.53. The average molecular weight is 499 g/mol. The Hall–Kier alpha value is -2.26. The first kappa shape index (κ1) is 22.5. The van der Waals surface area contributed by atoms with Gasteiger partial charge < -0.3 is 9.64 Å². The van der Waals surface area contributed by atoms with Crippen LogP contribution in [0.25, 0.3) is 0 Å². The highest BCUT2D eigenvalue weighted by atomic mass is 35.5. The van der Waals surface area contributed by atoms with E-state index in [4.69, 9.17) is 16.3 Å². The van der Waals surface area contributed by atoms with E-state index in [9.17, 15) is 21.6 Å². The Bertz CT molecular complexity index is 1210. The van der Waals surface area contributed by atoms with Gasteiger partial charge in [-0.15, -0.1) is 4.40 Å². The van der Waals surface area contributed by atoms with Crippen LogP contribution in [-0.2, 0) is 21.6 Å². The Morgan fingerprint density at radius 3 is 2.55 bits per heavy atom. The van der Waals surface area contributed by atoms with Crippen LogP contribution in [0, 0.1) is 5.92 Å². The molecule has 2 aromatic carbocycles. The Labute approximate surface area is 195 Å². The van der Waals surface area contributed by atoms with E-state index < -0.39 is 32.2 Å². The molecule has 2 unspecified atom stereocenters. The number of fused-ring (bicyclic) bond motifs is 4.